The first-order valence-corrected chi connectivity index (χ1v) is 18.9. The topological polar surface area (TPSA) is 85.2 Å². The lowest BCUT2D eigenvalue weighted by molar-refractivity contribution is -0.121. The van der Waals surface area contributed by atoms with E-state index in [2.05, 4.69) is 73.6 Å². The Hall–Kier alpha value is -5.41. The number of Topliss-reactive ketones (excluding diaryl/α,β-unsaturated/α-hetero) is 1. The molecule has 4 aromatic rings. The standard InChI is InChI=1S/C47H48O6/c1-31-14-21-40-35-18-22-42-41(44(50)29-43(31)47(40)42)13-8-24-52-39(28-38(49)19-15-33-16-23-45(51-2)46(25-33)53-30-35)27-36-26-37(48)20-17-34(36)12-7-6-11-32-9-4-3-5-10-32/h3-5,9-10,14,16-18,20-23,25-26,29,31,34,36,39,48,50H,6-7,11-13,15,19,27-28,30H2,1-2H3/t31-,34+,36+,39-/m0/s1. The monoisotopic (exact) mass is 708 g/mol. The summed E-state index contributed by atoms with van der Waals surface area (Å²) in [6.45, 7) is 2.47. The van der Waals surface area contributed by atoms with E-state index in [1.54, 1.807) is 13.2 Å². The average Bonchev–Trinajstić information content (AvgIpc) is 3.16. The van der Waals surface area contributed by atoms with E-state index in [0.29, 0.717) is 37.4 Å². The van der Waals surface area contributed by atoms with Crippen molar-refractivity contribution in [2.45, 2.75) is 83.3 Å². The summed E-state index contributed by atoms with van der Waals surface area (Å²) in [5.41, 5.74) is 6.25. The molecule has 6 heteroatoms. The Labute approximate surface area is 312 Å². The lowest BCUT2D eigenvalue weighted by Crippen LogP contribution is -2.24. The number of phenols is 1. The van der Waals surface area contributed by atoms with Gasteiger partial charge in [0.1, 0.15) is 36.1 Å². The second-order valence-electron chi connectivity index (χ2n) is 14.6. The largest absolute Gasteiger partial charge is 0.508 e. The van der Waals surface area contributed by atoms with Crippen LogP contribution in [0.25, 0.3) is 16.8 Å². The fourth-order valence-electron chi connectivity index (χ4n) is 8.06. The van der Waals surface area contributed by atoms with Crippen molar-refractivity contribution in [1.82, 2.24) is 0 Å². The van der Waals surface area contributed by atoms with Crippen molar-refractivity contribution < 1.29 is 29.2 Å². The van der Waals surface area contributed by atoms with Crippen molar-refractivity contribution in [3.63, 3.8) is 0 Å². The van der Waals surface area contributed by atoms with Crippen LogP contribution in [0.1, 0.15) is 84.7 Å². The first kappa shape index (κ1) is 36.0. The molecule has 0 fully saturated rings. The maximum absolute atomic E-state index is 13.6. The van der Waals surface area contributed by atoms with Crippen LogP contribution >= 0.6 is 0 Å². The second-order valence-corrected chi connectivity index (χ2v) is 14.6. The summed E-state index contributed by atoms with van der Waals surface area (Å²) < 4.78 is 18.3. The van der Waals surface area contributed by atoms with Crippen LogP contribution in [0.5, 0.6) is 17.2 Å². The van der Waals surface area contributed by atoms with Gasteiger partial charge in [0.25, 0.3) is 0 Å². The van der Waals surface area contributed by atoms with Crippen LogP contribution in [0.4, 0.5) is 0 Å². The van der Waals surface area contributed by atoms with Gasteiger partial charge < -0.3 is 24.4 Å². The number of aliphatic hydroxyl groups excluding tert-OH is 1. The molecule has 53 heavy (non-hydrogen) atoms. The molecule has 6 bridgehead atoms. The van der Waals surface area contributed by atoms with Crippen LogP contribution in [0.2, 0.25) is 0 Å². The summed E-state index contributed by atoms with van der Waals surface area (Å²) in [5, 5.41) is 23.9. The molecule has 8 rings (SSSR count). The van der Waals surface area contributed by atoms with Crippen molar-refractivity contribution in [2.24, 2.45) is 11.8 Å². The van der Waals surface area contributed by atoms with Gasteiger partial charge in [-0.2, -0.15) is 0 Å². The molecule has 0 aromatic heterocycles. The smallest absolute Gasteiger partial charge is 0.161 e. The summed E-state index contributed by atoms with van der Waals surface area (Å²) >= 11 is 0. The van der Waals surface area contributed by atoms with Crippen LogP contribution < -0.4 is 9.47 Å². The predicted octanol–water partition coefficient (Wildman–Crippen LogP) is 10.1. The number of aliphatic hydroxyl groups is 1. The van der Waals surface area contributed by atoms with E-state index in [0.717, 1.165) is 64.3 Å². The highest BCUT2D eigenvalue weighted by Gasteiger charge is 2.27. The molecular weight excluding hydrogens is 661 g/mol. The number of aryl methyl sites for hydroxylation is 2. The van der Waals surface area contributed by atoms with Crippen LogP contribution in [-0.2, 0) is 35.4 Å². The summed E-state index contributed by atoms with van der Waals surface area (Å²) in [4.78, 5) is 13.6. The maximum atomic E-state index is 13.6. The number of phenolic OH excluding ortho intramolecular Hbond substituents is 1. The van der Waals surface area contributed by atoms with Gasteiger partial charge in [-0.25, -0.2) is 0 Å². The second kappa shape index (κ2) is 16.5. The molecule has 4 atom stereocenters. The van der Waals surface area contributed by atoms with Crippen LogP contribution in [0.15, 0.2) is 96.8 Å². The van der Waals surface area contributed by atoms with Gasteiger partial charge in [0.05, 0.1) is 7.11 Å². The van der Waals surface area contributed by atoms with E-state index in [-0.39, 0.29) is 47.9 Å². The zero-order valence-electron chi connectivity index (χ0n) is 30.6. The number of methoxy groups -OCH3 is 1. The highest BCUT2D eigenvalue weighted by molar-refractivity contribution is 6.00. The molecule has 4 aliphatic rings. The molecule has 2 N–H and O–H groups in total. The molecule has 0 amide bonds. The fraction of sp³-hybridized carbons (Fsp3) is 0.340. The third-order valence-corrected chi connectivity index (χ3v) is 11.0. The first-order chi connectivity index (χ1) is 25.9. The SMILES string of the molecule is COc1ccc2cc1OCc1ccc3c(c(O)cc4c3c1C=C[C@@H]4C)CC#CO[C@@H](C[C@H]1C=C(O)C=C[C@H]1CCCCc1ccccc1)CC(=O)CC2. The minimum atomic E-state index is -0.460. The van der Waals surface area contributed by atoms with Gasteiger partial charge in [0, 0.05) is 30.7 Å². The molecule has 4 aromatic carbocycles. The molecule has 0 saturated heterocycles. The Bertz CT molecular complexity index is 2110. The van der Waals surface area contributed by atoms with Crippen LogP contribution in [-0.4, -0.2) is 29.2 Å². The summed E-state index contributed by atoms with van der Waals surface area (Å²) in [7, 11) is 1.63. The van der Waals surface area contributed by atoms with E-state index in [4.69, 9.17) is 14.2 Å². The van der Waals surface area contributed by atoms with Gasteiger partial charge in [-0.05, 0) is 113 Å². The molecule has 2 heterocycles. The molecule has 6 nitrogen and oxygen atoms in total. The van der Waals surface area contributed by atoms with Crippen molar-refractivity contribution >= 4 is 22.6 Å². The number of hydrogen-bond donors (Lipinski definition) is 2. The zero-order valence-corrected chi connectivity index (χ0v) is 30.6. The number of rotatable bonds is 8. The highest BCUT2D eigenvalue weighted by Crippen LogP contribution is 2.42. The van der Waals surface area contributed by atoms with Crippen molar-refractivity contribution in [1.29, 1.82) is 0 Å². The van der Waals surface area contributed by atoms with Crippen LogP contribution in [0, 0.1) is 23.9 Å². The molecule has 272 valence electrons. The number of ketones is 1. The van der Waals surface area contributed by atoms with Crippen LogP contribution in [0.3, 0.4) is 0 Å². The molecule has 0 saturated carbocycles. The number of allylic oxidation sites excluding steroid dienone is 4. The maximum Gasteiger partial charge on any atom is 0.161 e. The molecule has 2 aliphatic carbocycles. The van der Waals surface area contributed by atoms with Gasteiger partial charge in [0.15, 0.2) is 11.5 Å². The van der Waals surface area contributed by atoms with E-state index < -0.39 is 6.10 Å². The quantitative estimate of drug-likeness (QED) is 0.140. The van der Waals surface area contributed by atoms with E-state index in [1.807, 2.05) is 36.4 Å². The van der Waals surface area contributed by atoms with Gasteiger partial charge in [-0.3, -0.25) is 4.79 Å². The van der Waals surface area contributed by atoms with Gasteiger partial charge in [-0.15, -0.1) is 0 Å². The summed E-state index contributed by atoms with van der Waals surface area (Å²) in [5.74, 6) is 5.34. The molecule has 0 spiro atoms. The number of benzene rings is 4. The Morgan fingerprint density at radius 3 is 2.66 bits per heavy atom. The number of carbonyl (C=O) groups excluding carboxylic acids is 1. The number of fused-ring (bicyclic) bond motifs is 9. The van der Waals surface area contributed by atoms with Gasteiger partial charge >= 0.3 is 0 Å². The van der Waals surface area contributed by atoms with Crippen molar-refractivity contribution in [2.75, 3.05) is 7.11 Å². The Balaban J connectivity index is 1.16. The highest BCUT2D eigenvalue weighted by atomic mass is 16.5. The van der Waals surface area contributed by atoms with Crippen molar-refractivity contribution in [3.05, 3.63) is 130 Å². The number of unbranched alkanes of at least 4 members (excludes halogenated alkanes) is 1. The van der Waals surface area contributed by atoms with E-state index in [9.17, 15) is 15.0 Å². The molecule has 0 unspecified atom stereocenters. The average molecular weight is 709 g/mol. The number of ether oxygens (including phenoxy) is 3. The normalized spacial score (nSPS) is 21.1. The van der Waals surface area contributed by atoms with Crippen molar-refractivity contribution in [3.8, 4) is 29.3 Å². The van der Waals surface area contributed by atoms with E-state index in [1.165, 1.54) is 5.56 Å². The summed E-state index contributed by atoms with van der Waals surface area (Å²) in [6.07, 6.45) is 18.7. The van der Waals surface area contributed by atoms with E-state index >= 15 is 0 Å². The van der Waals surface area contributed by atoms with Gasteiger partial charge in [-0.1, -0.05) is 86.0 Å². The Morgan fingerprint density at radius 2 is 1.81 bits per heavy atom. The molecule has 2 aliphatic heterocycles. The zero-order chi connectivity index (χ0) is 36.7. The third kappa shape index (κ3) is 8.47. The summed E-state index contributed by atoms with van der Waals surface area (Å²) in [6, 6.07) is 22.4. The fourth-order valence-corrected chi connectivity index (χ4v) is 8.06. The molecule has 0 radical (unpaired) electrons. The lowest BCUT2D eigenvalue weighted by atomic mass is 9.80. The molecular formula is C47H48O6. The number of aromatic hydroxyl groups is 1. The lowest BCUT2D eigenvalue weighted by Gasteiger charge is -2.28. The minimum absolute atomic E-state index is 0.00738. The Morgan fingerprint density at radius 1 is 0.943 bits per heavy atom. The predicted molar refractivity (Wildman–Crippen MR) is 210 cm³/mol. The third-order valence-electron chi connectivity index (χ3n) is 11.0. The first-order valence-electron chi connectivity index (χ1n) is 18.9. The number of carbonyl (C=O) groups is 1. The van der Waals surface area contributed by atoms with Gasteiger partial charge in [0.2, 0.25) is 0 Å². The number of hydrogen-bond acceptors (Lipinski definition) is 6. The minimum Gasteiger partial charge on any atom is -0.508 e. The Kier molecular flexibility index (Phi) is 11.2.